The molecule has 1 aromatic heterocycles. The molecule has 1 rings (SSSR count). The molecular formula is C14H21NO3. The highest BCUT2D eigenvalue weighted by atomic mass is 16.5. The van der Waals surface area contributed by atoms with Gasteiger partial charge in [0.25, 0.3) is 5.56 Å². The lowest BCUT2D eigenvalue weighted by Gasteiger charge is -2.24. The summed E-state index contributed by atoms with van der Waals surface area (Å²) >= 11 is 0. The highest BCUT2D eigenvalue weighted by molar-refractivity contribution is 5.74. The smallest absolute Gasteiger partial charge is 0.261 e. The van der Waals surface area contributed by atoms with Crippen molar-refractivity contribution >= 4 is 6.29 Å². The Morgan fingerprint density at radius 1 is 1.33 bits per heavy atom. The summed E-state index contributed by atoms with van der Waals surface area (Å²) in [6.45, 7) is 7.32. The summed E-state index contributed by atoms with van der Waals surface area (Å²) < 4.78 is 6.68. The molecule has 4 heteroatoms. The van der Waals surface area contributed by atoms with Gasteiger partial charge in [0.2, 0.25) is 0 Å². The molecule has 0 unspecified atom stereocenters. The highest BCUT2D eigenvalue weighted by Crippen LogP contribution is 2.21. The van der Waals surface area contributed by atoms with E-state index >= 15 is 0 Å². The molecule has 1 heterocycles. The quantitative estimate of drug-likeness (QED) is 0.594. The van der Waals surface area contributed by atoms with Gasteiger partial charge in [-0.2, -0.15) is 0 Å². The van der Waals surface area contributed by atoms with Crippen LogP contribution < -0.4 is 5.56 Å². The number of nitrogens with zero attached hydrogens (tertiary/aromatic N) is 1. The Morgan fingerprint density at radius 3 is 2.50 bits per heavy atom. The van der Waals surface area contributed by atoms with Gasteiger partial charge in [-0.05, 0) is 18.6 Å². The van der Waals surface area contributed by atoms with Gasteiger partial charge in [-0.15, -0.1) is 0 Å². The maximum atomic E-state index is 12.2. The first-order chi connectivity index (χ1) is 8.41. The summed E-state index contributed by atoms with van der Waals surface area (Å²) in [6, 6.07) is 3.46. The lowest BCUT2D eigenvalue weighted by molar-refractivity contribution is 0.112. The van der Waals surface area contributed by atoms with Crippen molar-refractivity contribution < 1.29 is 9.53 Å². The topological polar surface area (TPSA) is 48.3 Å². The number of rotatable bonds is 5. The van der Waals surface area contributed by atoms with Crippen molar-refractivity contribution in [3.63, 3.8) is 0 Å². The standard InChI is InChI=1S/C14H21NO3/c1-14(2,3)12-7-6-11(10-16)13(17)15(12)8-5-9-18-4/h6-7,10H,5,8-9H2,1-4H3. The molecule has 0 bridgehead atoms. The van der Waals surface area contributed by atoms with E-state index in [1.807, 2.05) is 6.07 Å². The molecule has 0 aliphatic carbocycles. The van der Waals surface area contributed by atoms with Gasteiger partial charge in [0.15, 0.2) is 6.29 Å². The SMILES string of the molecule is COCCCn1c(C(C)(C)C)ccc(C=O)c1=O. The van der Waals surface area contributed by atoms with E-state index < -0.39 is 0 Å². The maximum Gasteiger partial charge on any atom is 0.261 e. The van der Waals surface area contributed by atoms with Gasteiger partial charge in [-0.1, -0.05) is 20.8 Å². The summed E-state index contributed by atoms with van der Waals surface area (Å²) in [7, 11) is 1.63. The Labute approximate surface area is 108 Å². The molecule has 0 amide bonds. The second-order valence-electron chi connectivity index (χ2n) is 5.34. The van der Waals surface area contributed by atoms with Crippen LogP contribution in [-0.2, 0) is 16.7 Å². The second-order valence-corrected chi connectivity index (χ2v) is 5.34. The van der Waals surface area contributed by atoms with E-state index in [-0.39, 0.29) is 16.5 Å². The van der Waals surface area contributed by atoms with Crippen LogP contribution in [0.15, 0.2) is 16.9 Å². The average molecular weight is 251 g/mol. The van der Waals surface area contributed by atoms with Gasteiger partial charge in [-0.25, -0.2) is 0 Å². The predicted molar refractivity (Wildman–Crippen MR) is 71.3 cm³/mol. The molecule has 18 heavy (non-hydrogen) atoms. The van der Waals surface area contributed by atoms with Gasteiger partial charge >= 0.3 is 0 Å². The maximum absolute atomic E-state index is 12.2. The third-order valence-corrected chi connectivity index (χ3v) is 2.83. The summed E-state index contributed by atoms with van der Waals surface area (Å²) in [4.78, 5) is 23.0. The second kappa shape index (κ2) is 5.96. The molecule has 4 nitrogen and oxygen atoms in total. The first-order valence-corrected chi connectivity index (χ1v) is 6.10. The fourth-order valence-electron chi connectivity index (χ4n) is 1.93. The Balaban J connectivity index is 3.23. The number of pyridine rings is 1. The molecule has 0 atom stereocenters. The Hall–Kier alpha value is -1.42. The summed E-state index contributed by atoms with van der Waals surface area (Å²) in [5.74, 6) is 0. The average Bonchev–Trinajstić information content (AvgIpc) is 2.29. The normalized spacial score (nSPS) is 11.6. The van der Waals surface area contributed by atoms with Crippen LogP contribution in [0.2, 0.25) is 0 Å². The molecule has 0 aliphatic rings. The van der Waals surface area contributed by atoms with Crippen LogP contribution in [0, 0.1) is 0 Å². The highest BCUT2D eigenvalue weighted by Gasteiger charge is 2.19. The van der Waals surface area contributed by atoms with Crippen molar-refractivity contribution in [1.29, 1.82) is 0 Å². The predicted octanol–water partition coefficient (Wildman–Crippen LogP) is 1.99. The zero-order valence-electron chi connectivity index (χ0n) is 11.5. The molecule has 0 spiro atoms. The van der Waals surface area contributed by atoms with E-state index in [0.29, 0.717) is 19.4 Å². The molecule has 100 valence electrons. The molecular weight excluding hydrogens is 230 g/mol. The van der Waals surface area contributed by atoms with E-state index in [9.17, 15) is 9.59 Å². The molecule has 0 N–H and O–H groups in total. The Morgan fingerprint density at radius 2 is 2.00 bits per heavy atom. The van der Waals surface area contributed by atoms with Crippen LogP contribution in [0.4, 0.5) is 0 Å². The van der Waals surface area contributed by atoms with Crippen LogP contribution in [0.3, 0.4) is 0 Å². The van der Waals surface area contributed by atoms with Gasteiger partial charge in [-0.3, -0.25) is 9.59 Å². The zero-order chi connectivity index (χ0) is 13.8. The molecule has 0 saturated heterocycles. The van der Waals surface area contributed by atoms with E-state index in [1.54, 1.807) is 17.7 Å². The molecule has 0 radical (unpaired) electrons. The third kappa shape index (κ3) is 3.29. The molecule has 0 fully saturated rings. The first-order valence-electron chi connectivity index (χ1n) is 6.10. The fraction of sp³-hybridized carbons (Fsp3) is 0.571. The lowest BCUT2D eigenvalue weighted by atomic mass is 9.90. The minimum atomic E-state index is -0.214. The lowest BCUT2D eigenvalue weighted by Crippen LogP contribution is -2.31. The largest absolute Gasteiger partial charge is 0.385 e. The fourth-order valence-corrected chi connectivity index (χ4v) is 1.93. The number of hydrogen-bond donors (Lipinski definition) is 0. The van der Waals surface area contributed by atoms with E-state index in [0.717, 1.165) is 12.1 Å². The number of carbonyl (C=O) groups is 1. The Kier molecular flexibility index (Phi) is 4.84. The van der Waals surface area contributed by atoms with Crippen molar-refractivity contribution in [2.45, 2.75) is 39.2 Å². The number of aldehydes is 1. The zero-order valence-corrected chi connectivity index (χ0v) is 11.5. The van der Waals surface area contributed by atoms with E-state index in [1.165, 1.54) is 0 Å². The number of ether oxygens (including phenoxy) is 1. The van der Waals surface area contributed by atoms with Crippen molar-refractivity contribution in [2.75, 3.05) is 13.7 Å². The van der Waals surface area contributed by atoms with E-state index in [2.05, 4.69) is 20.8 Å². The van der Waals surface area contributed by atoms with E-state index in [4.69, 9.17) is 4.74 Å². The van der Waals surface area contributed by atoms with Gasteiger partial charge in [0.1, 0.15) is 0 Å². The van der Waals surface area contributed by atoms with Crippen LogP contribution in [0.1, 0.15) is 43.2 Å². The number of hydrogen-bond acceptors (Lipinski definition) is 3. The van der Waals surface area contributed by atoms with Gasteiger partial charge in [0, 0.05) is 31.4 Å². The summed E-state index contributed by atoms with van der Waals surface area (Å²) in [5.41, 5.74) is 0.802. The monoisotopic (exact) mass is 251 g/mol. The van der Waals surface area contributed by atoms with Crippen molar-refractivity contribution in [3.05, 3.63) is 33.7 Å². The minimum absolute atomic E-state index is 0.131. The van der Waals surface area contributed by atoms with Crippen LogP contribution >= 0.6 is 0 Å². The number of methoxy groups -OCH3 is 1. The third-order valence-electron chi connectivity index (χ3n) is 2.83. The van der Waals surface area contributed by atoms with Crippen LogP contribution in [-0.4, -0.2) is 24.6 Å². The van der Waals surface area contributed by atoms with Crippen molar-refractivity contribution in [1.82, 2.24) is 4.57 Å². The number of carbonyl (C=O) groups excluding carboxylic acids is 1. The number of aromatic nitrogens is 1. The molecule has 0 saturated carbocycles. The van der Waals surface area contributed by atoms with Crippen LogP contribution in [0.5, 0.6) is 0 Å². The van der Waals surface area contributed by atoms with Crippen LogP contribution in [0.25, 0.3) is 0 Å². The molecule has 0 aromatic carbocycles. The van der Waals surface area contributed by atoms with Crippen molar-refractivity contribution in [2.24, 2.45) is 0 Å². The summed E-state index contributed by atoms with van der Waals surface area (Å²) in [6.07, 6.45) is 1.36. The molecule has 1 aromatic rings. The summed E-state index contributed by atoms with van der Waals surface area (Å²) in [5, 5.41) is 0. The first kappa shape index (κ1) is 14.6. The Bertz CT molecular complexity index is 469. The minimum Gasteiger partial charge on any atom is -0.385 e. The van der Waals surface area contributed by atoms with Gasteiger partial charge in [0.05, 0.1) is 5.56 Å². The van der Waals surface area contributed by atoms with Crippen molar-refractivity contribution in [3.8, 4) is 0 Å². The van der Waals surface area contributed by atoms with Gasteiger partial charge < -0.3 is 9.30 Å². The molecule has 0 aliphatic heterocycles.